The van der Waals surface area contributed by atoms with Gasteiger partial charge in [0.2, 0.25) is 5.91 Å². The van der Waals surface area contributed by atoms with Crippen LogP contribution >= 0.6 is 0 Å². The number of nitrogens with one attached hydrogen (secondary N) is 1. The molecule has 5 nitrogen and oxygen atoms in total. The normalized spacial score (nSPS) is 36.0. The quantitative estimate of drug-likeness (QED) is 0.844. The predicted octanol–water partition coefficient (Wildman–Crippen LogP) is 4.33. The Hall–Kier alpha value is -1.36. The second kappa shape index (κ2) is 6.86. The molecule has 0 atom stereocenters. The van der Waals surface area contributed by atoms with Gasteiger partial charge in [-0.05, 0) is 68.6 Å². The molecule has 0 radical (unpaired) electrons. The molecule has 5 fully saturated rings. The average molecular weight is 385 g/mol. The maximum absolute atomic E-state index is 12.4. The molecule has 4 saturated carbocycles. The molecule has 1 aliphatic heterocycles. The van der Waals surface area contributed by atoms with E-state index in [0.717, 1.165) is 48.4 Å². The summed E-state index contributed by atoms with van der Waals surface area (Å²) < 4.78 is 2.07. The number of anilines is 1. The molecule has 5 aliphatic rings. The van der Waals surface area contributed by atoms with Crippen molar-refractivity contribution in [3.63, 3.8) is 0 Å². The smallest absolute Gasteiger partial charge is 0.230 e. The van der Waals surface area contributed by atoms with E-state index in [0.29, 0.717) is 6.04 Å². The highest BCUT2D eigenvalue weighted by Gasteiger charge is 2.50. The van der Waals surface area contributed by atoms with Gasteiger partial charge in [0.1, 0.15) is 5.82 Å². The third-order valence-corrected chi connectivity index (χ3v) is 8.04. The maximum Gasteiger partial charge on any atom is 0.230 e. The summed E-state index contributed by atoms with van der Waals surface area (Å²) in [5.74, 6) is 4.95. The van der Waals surface area contributed by atoms with Crippen molar-refractivity contribution in [3.05, 3.63) is 12.3 Å². The summed E-state index contributed by atoms with van der Waals surface area (Å²) in [7, 11) is 0. The van der Waals surface area contributed by atoms with Crippen molar-refractivity contribution in [2.24, 2.45) is 29.1 Å². The van der Waals surface area contributed by atoms with E-state index in [-0.39, 0.29) is 5.91 Å². The van der Waals surface area contributed by atoms with Crippen LogP contribution < -0.4 is 5.32 Å². The fourth-order valence-corrected chi connectivity index (χ4v) is 6.93. The van der Waals surface area contributed by atoms with Crippen LogP contribution in [-0.4, -0.2) is 39.7 Å². The van der Waals surface area contributed by atoms with Crippen molar-refractivity contribution in [1.82, 2.24) is 14.7 Å². The lowest BCUT2D eigenvalue weighted by atomic mass is 9.53. The molecule has 5 heteroatoms. The number of hydrogen-bond acceptors (Lipinski definition) is 3. The highest BCUT2D eigenvalue weighted by molar-refractivity contribution is 5.93. The average Bonchev–Trinajstić information content (AvgIpc) is 3.09. The minimum Gasteiger partial charge on any atom is -0.310 e. The van der Waals surface area contributed by atoms with Gasteiger partial charge < -0.3 is 5.32 Å². The van der Waals surface area contributed by atoms with Crippen LogP contribution in [0.1, 0.15) is 71.8 Å². The lowest BCUT2D eigenvalue weighted by Gasteiger charge is -2.58. The van der Waals surface area contributed by atoms with E-state index in [9.17, 15) is 4.79 Å². The highest BCUT2D eigenvalue weighted by Crippen LogP contribution is 2.55. The molecule has 0 aromatic carbocycles. The number of likely N-dealkylation sites (tertiary alicyclic amines) is 1. The highest BCUT2D eigenvalue weighted by atomic mass is 16.2. The Kier molecular flexibility index (Phi) is 4.57. The standard InChI is InChI=1S/C23H36N4O/c1-23(2,3)22(28)25-20-4-7-24-27(20)19-5-8-26(9-6-19)21-17-11-15-10-16(13-17)14-18(21)12-15/h4,7,15-19,21H,5-6,8-14H2,1-3H3,(H,25,28). The van der Waals surface area contributed by atoms with E-state index in [1.165, 1.54) is 45.2 Å². The molecule has 1 saturated heterocycles. The molecule has 1 aromatic heterocycles. The zero-order valence-corrected chi connectivity index (χ0v) is 17.7. The van der Waals surface area contributed by atoms with E-state index in [1.54, 1.807) is 0 Å². The number of hydrogen-bond donors (Lipinski definition) is 1. The summed E-state index contributed by atoms with van der Waals surface area (Å²) in [6.07, 6.45) is 11.6. The van der Waals surface area contributed by atoms with Crippen molar-refractivity contribution >= 4 is 11.7 Å². The maximum atomic E-state index is 12.4. The Morgan fingerprint density at radius 2 is 1.64 bits per heavy atom. The van der Waals surface area contributed by atoms with Gasteiger partial charge in [-0.3, -0.25) is 9.69 Å². The van der Waals surface area contributed by atoms with Crippen LogP contribution in [0.5, 0.6) is 0 Å². The summed E-state index contributed by atoms with van der Waals surface area (Å²) in [5, 5.41) is 7.66. The molecule has 0 unspecified atom stereocenters. The van der Waals surface area contributed by atoms with Crippen LogP contribution in [0.25, 0.3) is 0 Å². The van der Waals surface area contributed by atoms with Crippen LogP contribution in [-0.2, 0) is 4.79 Å². The van der Waals surface area contributed by atoms with E-state index in [4.69, 9.17) is 0 Å². The van der Waals surface area contributed by atoms with Crippen LogP contribution in [0.4, 0.5) is 5.82 Å². The number of amides is 1. The Labute approximate surface area is 169 Å². The van der Waals surface area contributed by atoms with Crippen LogP contribution in [0.3, 0.4) is 0 Å². The van der Waals surface area contributed by atoms with Gasteiger partial charge in [-0.1, -0.05) is 20.8 Å². The Morgan fingerprint density at radius 1 is 1.04 bits per heavy atom. The summed E-state index contributed by atoms with van der Waals surface area (Å²) in [6.45, 7) is 8.22. The molecule has 4 aliphatic carbocycles. The third kappa shape index (κ3) is 3.30. The first-order valence-electron chi connectivity index (χ1n) is 11.5. The minimum absolute atomic E-state index is 0.0558. The molecular weight excluding hydrogens is 348 g/mol. The molecular formula is C23H36N4O. The van der Waals surface area contributed by atoms with Gasteiger partial charge in [-0.2, -0.15) is 5.10 Å². The first-order chi connectivity index (χ1) is 13.4. The first kappa shape index (κ1) is 18.7. The fourth-order valence-electron chi connectivity index (χ4n) is 6.93. The van der Waals surface area contributed by atoms with E-state index < -0.39 is 5.41 Å². The summed E-state index contributed by atoms with van der Waals surface area (Å²) in [4.78, 5) is 15.2. The second-order valence-electron chi connectivity index (χ2n) is 11.1. The molecule has 1 aromatic rings. The topological polar surface area (TPSA) is 50.2 Å². The van der Waals surface area contributed by atoms with Gasteiger partial charge >= 0.3 is 0 Å². The molecule has 2 heterocycles. The number of carbonyl (C=O) groups is 1. The second-order valence-corrected chi connectivity index (χ2v) is 11.1. The number of aromatic nitrogens is 2. The van der Waals surface area contributed by atoms with Gasteiger partial charge in [0, 0.05) is 30.6 Å². The summed E-state index contributed by atoms with van der Waals surface area (Å²) in [5.41, 5.74) is -0.391. The summed E-state index contributed by atoms with van der Waals surface area (Å²) in [6, 6.07) is 3.19. The number of carbonyl (C=O) groups excluding carboxylic acids is 1. The zero-order valence-electron chi connectivity index (χ0n) is 17.7. The molecule has 6 rings (SSSR count). The van der Waals surface area contributed by atoms with Crippen molar-refractivity contribution in [3.8, 4) is 0 Å². The molecule has 1 N–H and O–H groups in total. The van der Waals surface area contributed by atoms with Crippen molar-refractivity contribution < 1.29 is 4.79 Å². The Bertz CT molecular complexity index is 697. The molecule has 154 valence electrons. The van der Waals surface area contributed by atoms with Gasteiger partial charge in [0.15, 0.2) is 0 Å². The van der Waals surface area contributed by atoms with Crippen LogP contribution in [0, 0.1) is 29.1 Å². The van der Waals surface area contributed by atoms with Crippen LogP contribution in [0.2, 0.25) is 0 Å². The van der Waals surface area contributed by atoms with Crippen molar-refractivity contribution in [2.45, 2.75) is 77.8 Å². The fraction of sp³-hybridized carbons (Fsp3) is 0.826. The molecule has 1 amide bonds. The molecule has 28 heavy (non-hydrogen) atoms. The number of piperidine rings is 1. The third-order valence-electron chi connectivity index (χ3n) is 8.04. The largest absolute Gasteiger partial charge is 0.310 e. The van der Waals surface area contributed by atoms with Gasteiger partial charge in [-0.15, -0.1) is 0 Å². The lowest BCUT2D eigenvalue weighted by Crippen LogP contribution is -2.57. The van der Waals surface area contributed by atoms with Gasteiger partial charge in [-0.25, -0.2) is 4.68 Å². The first-order valence-corrected chi connectivity index (χ1v) is 11.5. The van der Waals surface area contributed by atoms with E-state index >= 15 is 0 Å². The lowest BCUT2D eigenvalue weighted by molar-refractivity contribution is -0.123. The SMILES string of the molecule is CC(C)(C)C(=O)Nc1ccnn1C1CCN(C2C3CC4CC(C3)CC2C4)CC1. The van der Waals surface area contributed by atoms with E-state index in [2.05, 4.69) is 20.0 Å². The summed E-state index contributed by atoms with van der Waals surface area (Å²) >= 11 is 0. The predicted molar refractivity (Wildman–Crippen MR) is 111 cm³/mol. The van der Waals surface area contributed by atoms with E-state index in [1.807, 2.05) is 33.0 Å². The zero-order chi connectivity index (χ0) is 19.5. The van der Waals surface area contributed by atoms with Crippen molar-refractivity contribution in [2.75, 3.05) is 18.4 Å². The number of rotatable bonds is 3. The Balaban J connectivity index is 1.23. The van der Waals surface area contributed by atoms with Crippen LogP contribution in [0.15, 0.2) is 12.3 Å². The monoisotopic (exact) mass is 384 g/mol. The Morgan fingerprint density at radius 3 is 2.21 bits per heavy atom. The van der Waals surface area contributed by atoms with Gasteiger partial charge in [0.25, 0.3) is 0 Å². The number of nitrogens with zero attached hydrogens (tertiary/aromatic N) is 3. The van der Waals surface area contributed by atoms with Gasteiger partial charge in [0.05, 0.1) is 12.2 Å². The van der Waals surface area contributed by atoms with Crippen molar-refractivity contribution in [1.29, 1.82) is 0 Å². The molecule has 4 bridgehead atoms. The minimum atomic E-state index is -0.391. The molecule has 0 spiro atoms.